The lowest BCUT2D eigenvalue weighted by atomic mass is 10.0. The van der Waals surface area contributed by atoms with Crippen LogP contribution in [0.5, 0.6) is 0 Å². The molecule has 0 bridgehead atoms. The van der Waals surface area contributed by atoms with Gasteiger partial charge in [-0.2, -0.15) is 0 Å². The number of aromatic amines is 1. The number of aromatic nitrogens is 1. The van der Waals surface area contributed by atoms with Crippen molar-refractivity contribution in [1.29, 1.82) is 0 Å². The first kappa shape index (κ1) is 34.9. The molecule has 0 saturated carbocycles. The zero-order valence-electron chi connectivity index (χ0n) is 28.5. The molecule has 1 aliphatic rings. The van der Waals surface area contributed by atoms with Crippen LogP contribution in [0.15, 0.2) is 115 Å². The van der Waals surface area contributed by atoms with Gasteiger partial charge in [0.15, 0.2) is 0 Å². The van der Waals surface area contributed by atoms with Gasteiger partial charge in [-0.05, 0) is 47.6 Å². The summed E-state index contributed by atoms with van der Waals surface area (Å²) in [7, 11) is 0. The second-order valence-corrected chi connectivity index (χ2v) is 12.8. The molecule has 6 rings (SSSR count). The molecule has 2 atom stereocenters. The number of alkyl carbamates (subject to hydrolysis) is 1. The topological polar surface area (TPSA) is 133 Å². The van der Waals surface area contributed by atoms with Gasteiger partial charge in [-0.15, -0.1) is 0 Å². The summed E-state index contributed by atoms with van der Waals surface area (Å²) < 4.78 is 5.33. The van der Waals surface area contributed by atoms with Gasteiger partial charge >= 0.3 is 6.09 Å². The summed E-state index contributed by atoms with van der Waals surface area (Å²) >= 11 is 0. The van der Waals surface area contributed by atoms with Crippen molar-refractivity contribution in [2.75, 3.05) is 6.54 Å². The SMILES string of the molecule is O=C(Cc1ccccc1)N[C@@H]1Cc2c([nH]c3ccccc23)CN([C@@H](CCCCNC(=O)OCc2ccccc2)C(=O)NCc2ccccc2)C1=O. The number of hydrogen-bond donors (Lipinski definition) is 4. The van der Waals surface area contributed by atoms with Crippen LogP contribution in [-0.2, 0) is 51.7 Å². The Kier molecular flexibility index (Phi) is 11.8. The minimum atomic E-state index is -0.868. The molecule has 10 heteroatoms. The smallest absolute Gasteiger partial charge is 0.407 e. The molecule has 2 heterocycles. The maximum atomic E-state index is 14.5. The third-order valence-corrected chi connectivity index (χ3v) is 9.14. The van der Waals surface area contributed by atoms with E-state index >= 15 is 0 Å². The predicted molar refractivity (Wildman–Crippen MR) is 195 cm³/mol. The quantitative estimate of drug-likeness (QED) is 0.114. The number of carbonyl (C=O) groups excluding carboxylic acids is 4. The van der Waals surface area contributed by atoms with E-state index in [0.29, 0.717) is 38.8 Å². The van der Waals surface area contributed by atoms with Crippen molar-refractivity contribution in [2.45, 2.75) is 63.9 Å². The van der Waals surface area contributed by atoms with E-state index in [1.54, 1.807) is 4.90 Å². The fourth-order valence-electron chi connectivity index (χ4n) is 6.53. The molecule has 0 aliphatic carbocycles. The number of unbranched alkanes of at least 4 members (excludes halogenated alkanes) is 1. The van der Waals surface area contributed by atoms with Crippen LogP contribution < -0.4 is 16.0 Å². The first-order valence-corrected chi connectivity index (χ1v) is 17.4. The minimum Gasteiger partial charge on any atom is -0.445 e. The fraction of sp³-hybridized carbons (Fsp3) is 0.268. The van der Waals surface area contributed by atoms with E-state index in [0.717, 1.165) is 38.9 Å². The van der Waals surface area contributed by atoms with Crippen LogP contribution in [0.1, 0.15) is 47.2 Å². The van der Waals surface area contributed by atoms with Gasteiger partial charge in [0.05, 0.1) is 13.0 Å². The van der Waals surface area contributed by atoms with Crippen LogP contribution in [0, 0.1) is 0 Å². The molecule has 1 aromatic heterocycles. The average Bonchev–Trinajstić information content (AvgIpc) is 3.44. The largest absolute Gasteiger partial charge is 0.445 e. The van der Waals surface area contributed by atoms with Crippen molar-refractivity contribution >= 4 is 34.7 Å². The maximum Gasteiger partial charge on any atom is 0.407 e. The van der Waals surface area contributed by atoms with Gasteiger partial charge in [0.2, 0.25) is 17.7 Å². The van der Waals surface area contributed by atoms with E-state index in [2.05, 4.69) is 20.9 Å². The third-order valence-electron chi connectivity index (χ3n) is 9.14. The summed E-state index contributed by atoms with van der Waals surface area (Å²) in [5, 5.41) is 9.83. The Balaban J connectivity index is 1.19. The van der Waals surface area contributed by atoms with Gasteiger partial charge in [0, 0.05) is 36.1 Å². The molecule has 10 nitrogen and oxygen atoms in total. The number of H-pyrrole nitrogens is 1. The van der Waals surface area contributed by atoms with Crippen molar-refractivity contribution in [1.82, 2.24) is 25.8 Å². The summed E-state index contributed by atoms with van der Waals surface area (Å²) in [5.41, 5.74) is 5.40. The molecular weight excluding hydrogens is 642 g/mol. The van der Waals surface area contributed by atoms with Crippen molar-refractivity contribution in [3.05, 3.63) is 143 Å². The molecule has 0 fully saturated rings. The number of carbonyl (C=O) groups is 4. The Labute approximate surface area is 297 Å². The van der Waals surface area contributed by atoms with Gasteiger partial charge in [0.25, 0.3) is 0 Å². The first-order valence-electron chi connectivity index (χ1n) is 17.4. The number of hydrogen-bond acceptors (Lipinski definition) is 5. The number of nitrogens with one attached hydrogen (secondary N) is 4. The lowest BCUT2D eigenvalue weighted by molar-refractivity contribution is -0.144. The van der Waals surface area contributed by atoms with E-state index in [4.69, 9.17) is 4.74 Å². The van der Waals surface area contributed by atoms with Crippen LogP contribution in [0.25, 0.3) is 10.9 Å². The number of ether oxygens (including phenoxy) is 1. The van der Waals surface area contributed by atoms with Gasteiger partial charge in [-0.25, -0.2) is 4.79 Å². The standard InChI is InChI=1S/C41H43N5O5/c47-38(24-29-14-4-1-5-15-29)45-35-25-33-32-20-10-11-21-34(32)44-36(33)27-46(40(35)49)37(39(48)43-26-30-16-6-2-7-17-30)22-12-13-23-42-41(50)51-28-31-18-8-3-9-19-31/h1-11,14-21,35,37,44H,12-13,22-28H2,(H,42,50)(H,43,48)(H,45,47)/t35-,37+/m1/s1. The van der Waals surface area contributed by atoms with Gasteiger partial charge in [0.1, 0.15) is 18.7 Å². The first-order chi connectivity index (χ1) is 24.9. The van der Waals surface area contributed by atoms with Crippen LogP contribution >= 0.6 is 0 Å². The third kappa shape index (κ3) is 9.42. The van der Waals surface area contributed by atoms with Crippen molar-refractivity contribution in [3.63, 3.8) is 0 Å². The van der Waals surface area contributed by atoms with Gasteiger partial charge in [-0.3, -0.25) is 14.4 Å². The van der Waals surface area contributed by atoms with Crippen molar-refractivity contribution in [2.24, 2.45) is 0 Å². The molecule has 262 valence electrons. The molecule has 0 saturated heterocycles. The summed E-state index contributed by atoms with van der Waals surface area (Å²) in [6.45, 7) is 1.01. The molecule has 4 amide bonds. The molecule has 4 aromatic carbocycles. The maximum absolute atomic E-state index is 14.5. The van der Waals surface area contributed by atoms with E-state index < -0.39 is 18.2 Å². The number of nitrogens with zero attached hydrogens (tertiary/aromatic N) is 1. The lowest BCUT2D eigenvalue weighted by Gasteiger charge is -2.32. The predicted octanol–water partition coefficient (Wildman–Crippen LogP) is 5.56. The summed E-state index contributed by atoms with van der Waals surface area (Å²) in [4.78, 5) is 59.2. The Hall–Kier alpha value is -5.90. The molecule has 0 spiro atoms. The number of rotatable bonds is 14. The van der Waals surface area contributed by atoms with Gasteiger partial charge < -0.3 is 30.6 Å². The van der Waals surface area contributed by atoms with Crippen molar-refractivity contribution in [3.8, 4) is 0 Å². The van der Waals surface area contributed by atoms with E-state index in [1.807, 2.05) is 115 Å². The second kappa shape index (κ2) is 17.2. The Morgan fingerprint density at radius 2 is 1.43 bits per heavy atom. The molecule has 1 aliphatic heterocycles. The van der Waals surface area contributed by atoms with Crippen molar-refractivity contribution < 1.29 is 23.9 Å². The molecule has 51 heavy (non-hydrogen) atoms. The van der Waals surface area contributed by atoms with E-state index in [-0.39, 0.29) is 37.3 Å². The van der Waals surface area contributed by atoms with Crippen LogP contribution in [0.3, 0.4) is 0 Å². The molecule has 0 radical (unpaired) electrons. The highest BCUT2D eigenvalue weighted by Crippen LogP contribution is 2.30. The van der Waals surface area contributed by atoms with E-state index in [1.165, 1.54) is 0 Å². The second-order valence-electron chi connectivity index (χ2n) is 12.8. The average molecular weight is 686 g/mol. The normalized spacial score (nSPS) is 14.6. The Morgan fingerprint density at radius 1 is 0.784 bits per heavy atom. The zero-order valence-corrected chi connectivity index (χ0v) is 28.5. The van der Waals surface area contributed by atoms with Crippen LogP contribution in [0.4, 0.5) is 4.79 Å². The Morgan fingerprint density at radius 3 is 2.16 bits per heavy atom. The molecule has 5 aromatic rings. The lowest BCUT2D eigenvalue weighted by Crippen LogP contribution is -2.55. The van der Waals surface area contributed by atoms with Crippen LogP contribution in [-0.4, -0.2) is 52.3 Å². The summed E-state index contributed by atoms with van der Waals surface area (Å²) in [6, 6.07) is 34.7. The zero-order chi connectivity index (χ0) is 35.4. The monoisotopic (exact) mass is 685 g/mol. The number of fused-ring (bicyclic) bond motifs is 3. The number of benzene rings is 4. The number of amides is 4. The fourth-order valence-corrected chi connectivity index (χ4v) is 6.53. The van der Waals surface area contributed by atoms with Gasteiger partial charge in [-0.1, -0.05) is 109 Å². The number of para-hydroxylation sites is 1. The highest BCUT2D eigenvalue weighted by molar-refractivity contribution is 5.94. The minimum absolute atomic E-state index is 0.132. The highest BCUT2D eigenvalue weighted by atomic mass is 16.5. The molecular formula is C41H43N5O5. The van der Waals surface area contributed by atoms with Crippen LogP contribution in [0.2, 0.25) is 0 Å². The van der Waals surface area contributed by atoms with E-state index in [9.17, 15) is 19.2 Å². The highest BCUT2D eigenvalue weighted by Gasteiger charge is 2.38. The molecule has 0 unspecified atom stereocenters. The molecule has 4 N–H and O–H groups in total. The summed E-state index contributed by atoms with van der Waals surface area (Å²) in [5.74, 6) is -0.859. The summed E-state index contributed by atoms with van der Waals surface area (Å²) in [6.07, 6.45) is 1.39. The Bertz CT molecular complexity index is 1930.